The number of fused-ring (bicyclic) bond motifs is 1. The Kier molecular flexibility index (Phi) is 10.4. The van der Waals surface area contributed by atoms with Crippen LogP contribution in [0.4, 0.5) is 5.69 Å². The van der Waals surface area contributed by atoms with Crippen LogP contribution in [0.3, 0.4) is 0 Å². The quantitative estimate of drug-likeness (QED) is 0.122. The number of nitrogens with zero attached hydrogens (tertiary/aromatic N) is 5. The number of amides is 3. The number of rotatable bonds is 11. The van der Waals surface area contributed by atoms with Crippen molar-refractivity contribution in [1.82, 2.24) is 34.1 Å². The molecule has 57 heavy (non-hydrogen) atoms. The summed E-state index contributed by atoms with van der Waals surface area (Å²) in [6.45, 7) is 1.20. The van der Waals surface area contributed by atoms with Crippen molar-refractivity contribution in [3.05, 3.63) is 132 Å². The third kappa shape index (κ3) is 6.96. The lowest BCUT2D eigenvalue weighted by Crippen LogP contribution is -2.64. The second kappa shape index (κ2) is 15.6. The lowest BCUT2D eigenvalue weighted by atomic mass is 10.00. The molecule has 4 aromatic carbocycles. The highest BCUT2D eigenvalue weighted by Gasteiger charge is 2.55. The van der Waals surface area contributed by atoms with E-state index in [1.807, 2.05) is 128 Å². The van der Waals surface area contributed by atoms with Gasteiger partial charge in [0.1, 0.15) is 17.6 Å². The van der Waals surface area contributed by atoms with E-state index in [9.17, 15) is 14.4 Å². The number of benzene rings is 4. The zero-order valence-corrected chi connectivity index (χ0v) is 33.1. The summed E-state index contributed by atoms with van der Waals surface area (Å²) < 4.78 is -0.111. The van der Waals surface area contributed by atoms with Gasteiger partial charge < -0.3 is 20.6 Å². The number of nitrogens with one attached hydrogen (secondary N) is 2. The van der Waals surface area contributed by atoms with Gasteiger partial charge in [-0.2, -0.15) is 0 Å². The molecule has 0 radical (unpaired) electrons. The molecule has 0 bridgehead atoms. The number of nitrogens with two attached hydrogens (primary N) is 1. The molecule has 8 rings (SSSR count). The molecule has 0 spiro atoms. The predicted octanol–water partition coefficient (Wildman–Crippen LogP) is 6.98. The highest BCUT2D eigenvalue weighted by atomic mass is 16.2. The molecule has 2 saturated heterocycles. The average Bonchev–Trinajstić information content (AvgIpc) is 4.04. The number of H-pyrrole nitrogens is 2. The number of quaternary nitrogens is 1. The molecule has 2 fully saturated rings. The summed E-state index contributed by atoms with van der Waals surface area (Å²) in [4.78, 5) is 59.6. The summed E-state index contributed by atoms with van der Waals surface area (Å²) in [5.74, 6) is 0.370. The number of likely N-dealkylation sites (N-methyl/N-ethyl adjacent to an activating group) is 2. The smallest absolute Gasteiger partial charge is 0.341 e. The number of hydrogen-bond donors (Lipinski definition) is 3. The van der Waals surface area contributed by atoms with Gasteiger partial charge in [-0.15, -0.1) is 0 Å². The van der Waals surface area contributed by atoms with Crippen molar-refractivity contribution in [1.29, 1.82) is 0 Å². The van der Waals surface area contributed by atoms with E-state index in [0.717, 1.165) is 75.3 Å². The second-order valence-corrected chi connectivity index (χ2v) is 15.9. The van der Waals surface area contributed by atoms with Gasteiger partial charge in [0.2, 0.25) is 5.91 Å². The number of hydrogen-bond acceptors (Lipinski definition) is 6. The molecule has 4 heterocycles. The van der Waals surface area contributed by atoms with E-state index in [0.29, 0.717) is 19.5 Å². The first kappa shape index (κ1) is 38.0. The van der Waals surface area contributed by atoms with Crippen LogP contribution in [-0.4, -0.2) is 94.7 Å². The van der Waals surface area contributed by atoms with Crippen LogP contribution in [0, 0.1) is 0 Å². The van der Waals surface area contributed by atoms with Gasteiger partial charge in [-0.3, -0.25) is 19.4 Å². The summed E-state index contributed by atoms with van der Waals surface area (Å²) in [7, 11) is 7.70. The van der Waals surface area contributed by atoms with Crippen LogP contribution in [0.2, 0.25) is 0 Å². The first-order valence-corrected chi connectivity index (χ1v) is 19.8. The van der Waals surface area contributed by atoms with E-state index in [1.54, 1.807) is 0 Å². The standard InChI is InChI=1S/C46H50N8O3/c1-51(2)41(32-13-7-5-8-14-32)45(56)53-25-11-17-39(53)44-48-29-38(50-44)31-21-19-30(20-22-31)37-28-34-27-35(23-24-36(34)49-37)54(26-12-18-40(54)43(47)55)46(57)42(52(3)4)33-15-9-6-10-16-33/h5-10,13-16,19-24,27-29,39-42,49H,11-12,17-18,25-26H2,1-4H3,(H2-,47,48,50,55)/p+1/t39?,40-,41-,42-,54?/m0/s1. The van der Waals surface area contributed by atoms with Crippen LogP contribution < -0.4 is 10.2 Å². The number of likely N-dealkylation sites (tertiary alicyclic amines) is 2. The van der Waals surface area contributed by atoms with Gasteiger partial charge in [-0.05, 0) is 75.4 Å². The van der Waals surface area contributed by atoms with Gasteiger partial charge in [-0.1, -0.05) is 84.9 Å². The van der Waals surface area contributed by atoms with Crippen LogP contribution in [0.25, 0.3) is 33.4 Å². The molecule has 0 aliphatic carbocycles. The summed E-state index contributed by atoms with van der Waals surface area (Å²) in [5.41, 5.74) is 13.5. The molecule has 6 aromatic rings. The molecule has 2 aliphatic rings. The van der Waals surface area contributed by atoms with Crippen LogP contribution >= 0.6 is 0 Å². The van der Waals surface area contributed by atoms with Gasteiger partial charge in [0.15, 0.2) is 12.1 Å². The fourth-order valence-corrected chi connectivity index (χ4v) is 9.26. The Morgan fingerprint density at radius 2 is 1.39 bits per heavy atom. The molecule has 2 aromatic heterocycles. The number of aromatic nitrogens is 3. The number of carbonyl (C=O) groups excluding carboxylic acids is 3. The molecule has 2 unspecified atom stereocenters. The van der Waals surface area contributed by atoms with Gasteiger partial charge >= 0.3 is 5.91 Å². The maximum Gasteiger partial charge on any atom is 0.341 e. The molecule has 3 amide bonds. The van der Waals surface area contributed by atoms with Crippen LogP contribution in [0.1, 0.15) is 60.8 Å². The SMILES string of the molecule is CN(C)[C@H](C(=O)N1CCCC1c1ncc(-c2ccc(-c3cc4cc([N+]5(C(=O)[C@H](c6ccccc6)N(C)C)CCC[C@H]5C(N)=O)ccc4[nH]3)cc2)[nH]1)c1ccccc1. The van der Waals surface area contributed by atoms with Crippen molar-refractivity contribution in [2.24, 2.45) is 5.73 Å². The van der Waals surface area contributed by atoms with E-state index in [1.165, 1.54) is 0 Å². The Morgan fingerprint density at radius 3 is 2.02 bits per heavy atom. The minimum absolute atomic E-state index is 0.0580. The monoisotopic (exact) mass is 763 g/mol. The van der Waals surface area contributed by atoms with Gasteiger partial charge in [0, 0.05) is 48.1 Å². The number of carbonyl (C=O) groups is 3. The van der Waals surface area contributed by atoms with Gasteiger partial charge in [0.05, 0.1) is 24.5 Å². The zero-order valence-electron chi connectivity index (χ0n) is 33.1. The molecular formula is C46H51N8O3+. The largest absolute Gasteiger partial charge is 0.364 e. The molecular weight excluding hydrogens is 713 g/mol. The first-order valence-electron chi connectivity index (χ1n) is 19.8. The summed E-state index contributed by atoms with van der Waals surface area (Å²) >= 11 is 0. The van der Waals surface area contributed by atoms with Crippen molar-refractivity contribution in [3.8, 4) is 22.5 Å². The van der Waals surface area contributed by atoms with Crippen molar-refractivity contribution in [2.45, 2.75) is 49.9 Å². The molecule has 4 N–H and O–H groups in total. The Morgan fingerprint density at radius 1 is 0.754 bits per heavy atom. The van der Waals surface area contributed by atoms with E-state index < -0.39 is 18.0 Å². The van der Waals surface area contributed by atoms with E-state index >= 15 is 0 Å². The summed E-state index contributed by atoms with van der Waals surface area (Å²) in [5, 5.41) is 0.950. The Hall–Kier alpha value is -5.88. The van der Waals surface area contributed by atoms with Crippen LogP contribution in [-0.2, 0) is 14.4 Å². The minimum Gasteiger partial charge on any atom is -0.364 e. The molecule has 2 aliphatic heterocycles. The molecule has 0 saturated carbocycles. The zero-order chi connectivity index (χ0) is 39.8. The summed E-state index contributed by atoms with van der Waals surface area (Å²) in [6.07, 6.45) is 4.91. The van der Waals surface area contributed by atoms with E-state index in [2.05, 4.69) is 40.3 Å². The lowest BCUT2D eigenvalue weighted by molar-refractivity contribution is -0.140. The topological polar surface area (TPSA) is 131 Å². The first-order chi connectivity index (χ1) is 27.6. The van der Waals surface area contributed by atoms with Crippen molar-refractivity contribution < 1.29 is 14.4 Å². The van der Waals surface area contributed by atoms with Crippen LogP contribution in [0.15, 0.2) is 115 Å². The van der Waals surface area contributed by atoms with Crippen molar-refractivity contribution >= 4 is 34.3 Å². The molecule has 11 nitrogen and oxygen atoms in total. The fourth-order valence-electron chi connectivity index (χ4n) is 9.26. The highest BCUT2D eigenvalue weighted by Crippen LogP contribution is 2.41. The second-order valence-electron chi connectivity index (χ2n) is 15.9. The fraction of sp³-hybridized carbons (Fsp3) is 0.304. The molecule has 11 heteroatoms. The Bertz CT molecular complexity index is 2390. The minimum atomic E-state index is -0.656. The van der Waals surface area contributed by atoms with Crippen molar-refractivity contribution in [3.63, 3.8) is 0 Å². The van der Waals surface area contributed by atoms with Crippen LogP contribution in [0.5, 0.6) is 0 Å². The molecule has 5 atom stereocenters. The van der Waals surface area contributed by atoms with E-state index in [-0.39, 0.29) is 28.4 Å². The molecule has 292 valence electrons. The number of primary amides is 1. The predicted molar refractivity (Wildman–Crippen MR) is 225 cm³/mol. The average molecular weight is 764 g/mol. The third-order valence-corrected chi connectivity index (χ3v) is 12.0. The lowest BCUT2D eigenvalue weighted by Gasteiger charge is -2.39. The number of aromatic amines is 2. The Balaban J connectivity index is 1.05. The number of imidazole rings is 1. The maximum absolute atomic E-state index is 14.9. The summed E-state index contributed by atoms with van der Waals surface area (Å²) in [6, 6.07) is 34.4. The van der Waals surface area contributed by atoms with E-state index in [4.69, 9.17) is 10.7 Å². The van der Waals surface area contributed by atoms with Crippen molar-refractivity contribution in [2.75, 3.05) is 41.3 Å². The normalized spacial score (nSPS) is 20.7. The van der Waals surface area contributed by atoms with Gasteiger partial charge in [0.25, 0.3) is 5.91 Å². The third-order valence-electron chi connectivity index (χ3n) is 12.0. The Labute approximate surface area is 333 Å². The highest BCUT2D eigenvalue weighted by molar-refractivity contribution is 6.01. The van der Waals surface area contributed by atoms with Gasteiger partial charge in [-0.25, -0.2) is 14.3 Å². The maximum atomic E-state index is 14.9.